The van der Waals surface area contributed by atoms with Gasteiger partial charge in [0.25, 0.3) is 11.8 Å². The topological polar surface area (TPSA) is 109 Å². The van der Waals surface area contributed by atoms with Gasteiger partial charge >= 0.3 is 5.63 Å². The Morgan fingerprint density at radius 1 is 0.960 bits per heavy atom. The smallest absolute Gasteiger partial charge is 0.349 e. The van der Waals surface area contributed by atoms with Crippen LogP contribution in [0.1, 0.15) is 20.7 Å². The molecule has 0 bridgehead atoms. The Balaban J connectivity index is 1.78. The van der Waals surface area contributed by atoms with E-state index in [-0.39, 0.29) is 16.9 Å². The number of phenols is 1. The maximum absolute atomic E-state index is 12.1. The Kier molecular flexibility index (Phi) is 4.53. The Labute approximate surface area is 149 Å². The second-order valence-electron chi connectivity index (χ2n) is 5.08. The van der Waals surface area contributed by atoms with E-state index in [1.165, 1.54) is 30.3 Å². The summed E-state index contributed by atoms with van der Waals surface area (Å²) in [6, 6.07) is 11.9. The summed E-state index contributed by atoms with van der Waals surface area (Å²) in [5.41, 5.74) is 3.87. The third-order valence-electron chi connectivity index (χ3n) is 3.36. The van der Waals surface area contributed by atoms with Gasteiger partial charge in [-0.2, -0.15) is 0 Å². The van der Waals surface area contributed by atoms with Gasteiger partial charge in [0.05, 0.1) is 0 Å². The highest BCUT2D eigenvalue weighted by Gasteiger charge is 2.15. The van der Waals surface area contributed by atoms with Crippen LogP contribution < -0.4 is 16.5 Å². The molecule has 0 radical (unpaired) electrons. The number of hydrogen-bond acceptors (Lipinski definition) is 5. The summed E-state index contributed by atoms with van der Waals surface area (Å²) in [5, 5.41) is 9.75. The number of carbonyl (C=O) groups is 2. The van der Waals surface area contributed by atoms with Crippen LogP contribution in [0.4, 0.5) is 0 Å². The summed E-state index contributed by atoms with van der Waals surface area (Å²) in [6.45, 7) is 0. The minimum absolute atomic E-state index is 0.0144. The molecular weight excluding hydrogens is 392 g/mol. The van der Waals surface area contributed by atoms with E-state index in [0.29, 0.717) is 11.0 Å². The van der Waals surface area contributed by atoms with Crippen LogP contribution >= 0.6 is 15.9 Å². The van der Waals surface area contributed by atoms with E-state index in [9.17, 15) is 19.5 Å². The monoisotopic (exact) mass is 402 g/mol. The summed E-state index contributed by atoms with van der Waals surface area (Å²) in [6.07, 6.45) is 0. The van der Waals surface area contributed by atoms with Gasteiger partial charge < -0.3 is 9.52 Å². The molecule has 3 N–H and O–H groups in total. The molecule has 2 aromatic carbocycles. The first-order valence-corrected chi connectivity index (χ1v) is 7.86. The van der Waals surface area contributed by atoms with E-state index in [0.717, 1.165) is 4.47 Å². The minimum Gasteiger partial charge on any atom is -0.508 e. The second-order valence-corrected chi connectivity index (χ2v) is 6.00. The summed E-state index contributed by atoms with van der Waals surface area (Å²) in [4.78, 5) is 36.0. The number of phenolic OH excluding ortho intramolecular Hbond substituents is 1. The van der Waals surface area contributed by atoms with Crippen LogP contribution in [0.2, 0.25) is 0 Å². The highest BCUT2D eigenvalue weighted by molar-refractivity contribution is 9.10. The van der Waals surface area contributed by atoms with Crippen molar-refractivity contribution >= 4 is 38.7 Å². The number of rotatable bonds is 2. The molecule has 7 nitrogen and oxygen atoms in total. The number of halogens is 1. The maximum atomic E-state index is 12.1. The molecule has 0 aliphatic rings. The maximum Gasteiger partial charge on any atom is 0.349 e. The molecule has 0 unspecified atom stereocenters. The van der Waals surface area contributed by atoms with E-state index < -0.39 is 17.4 Å². The van der Waals surface area contributed by atoms with Crippen molar-refractivity contribution in [2.45, 2.75) is 0 Å². The molecule has 8 heteroatoms. The standard InChI is InChI=1S/C17H11BrN2O5/c18-11-3-6-14-10(7-11)8-13(17(24)25-14)16(23)20-19-15(22)9-1-4-12(21)5-2-9/h1-8,21H,(H,19,22)(H,20,23). The summed E-state index contributed by atoms with van der Waals surface area (Å²) >= 11 is 3.30. The van der Waals surface area contributed by atoms with Gasteiger partial charge in [-0.3, -0.25) is 20.4 Å². The van der Waals surface area contributed by atoms with Crippen LogP contribution in [-0.2, 0) is 0 Å². The van der Waals surface area contributed by atoms with Crippen LogP contribution in [0.3, 0.4) is 0 Å². The number of hydrogen-bond donors (Lipinski definition) is 3. The van der Waals surface area contributed by atoms with E-state index >= 15 is 0 Å². The third-order valence-corrected chi connectivity index (χ3v) is 3.85. The fraction of sp³-hybridized carbons (Fsp3) is 0. The minimum atomic E-state index is -0.814. The molecule has 1 heterocycles. The van der Waals surface area contributed by atoms with E-state index in [1.54, 1.807) is 18.2 Å². The van der Waals surface area contributed by atoms with Crippen molar-refractivity contribution in [2.75, 3.05) is 0 Å². The Hall–Kier alpha value is -3.13. The molecule has 0 saturated heterocycles. The van der Waals surface area contributed by atoms with E-state index in [4.69, 9.17) is 4.42 Å². The third kappa shape index (κ3) is 3.69. The van der Waals surface area contributed by atoms with Crippen LogP contribution in [0, 0.1) is 0 Å². The molecule has 1 aromatic heterocycles. The van der Waals surface area contributed by atoms with Gasteiger partial charge in [0.2, 0.25) is 0 Å². The van der Waals surface area contributed by atoms with Crippen LogP contribution in [0.5, 0.6) is 5.75 Å². The predicted molar refractivity (Wildman–Crippen MR) is 93.2 cm³/mol. The zero-order valence-electron chi connectivity index (χ0n) is 12.6. The normalized spacial score (nSPS) is 10.4. The quantitative estimate of drug-likeness (QED) is 0.450. The van der Waals surface area contributed by atoms with E-state index in [1.807, 2.05) is 0 Å². The predicted octanol–water partition coefficient (Wildman–Crippen LogP) is 2.34. The van der Waals surface area contributed by atoms with Gasteiger partial charge in [0.1, 0.15) is 16.9 Å². The summed E-state index contributed by atoms with van der Waals surface area (Å²) < 4.78 is 5.86. The van der Waals surface area contributed by atoms with Crippen molar-refractivity contribution in [1.29, 1.82) is 0 Å². The fourth-order valence-corrected chi connectivity index (χ4v) is 2.50. The number of amides is 2. The average Bonchev–Trinajstić information content (AvgIpc) is 2.59. The first kappa shape index (κ1) is 16.7. The Morgan fingerprint density at radius 2 is 1.64 bits per heavy atom. The van der Waals surface area contributed by atoms with Crippen molar-refractivity contribution in [3.8, 4) is 5.75 Å². The number of fused-ring (bicyclic) bond motifs is 1. The van der Waals surface area contributed by atoms with Gasteiger partial charge in [-0.1, -0.05) is 15.9 Å². The van der Waals surface area contributed by atoms with Crippen molar-refractivity contribution < 1.29 is 19.1 Å². The van der Waals surface area contributed by atoms with Crippen LogP contribution in [-0.4, -0.2) is 16.9 Å². The van der Waals surface area contributed by atoms with Gasteiger partial charge in [-0.05, 0) is 48.5 Å². The highest BCUT2D eigenvalue weighted by atomic mass is 79.9. The molecule has 0 fully saturated rings. The van der Waals surface area contributed by atoms with Crippen molar-refractivity contribution in [3.05, 3.63) is 74.6 Å². The fourth-order valence-electron chi connectivity index (χ4n) is 2.12. The first-order valence-electron chi connectivity index (χ1n) is 7.07. The molecule has 0 spiro atoms. The first-order chi connectivity index (χ1) is 11.9. The molecule has 0 atom stereocenters. The van der Waals surface area contributed by atoms with Gasteiger partial charge in [0.15, 0.2) is 0 Å². The second kappa shape index (κ2) is 6.78. The lowest BCUT2D eigenvalue weighted by atomic mass is 10.2. The van der Waals surface area contributed by atoms with Crippen LogP contribution in [0.15, 0.2) is 62.2 Å². The largest absolute Gasteiger partial charge is 0.508 e. The highest BCUT2D eigenvalue weighted by Crippen LogP contribution is 2.19. The molecule has 2 amide bonds. The number of aromatic hydroxyl groups is 1. The van der Waals surface area contributed by atoms with E-state index in [2.05, 4.69) is 26.8 Å². The lowest BCUT2D eigenvalue weighted by Crippen LogP contribution is -2.43. The van der Waals surface area contributed by atoms with Gasteiger partial charge in [-0.25, -0.2) is 4.79 Å². The Bertz CT molecular complexity index is 1030. The molecule has 0 aliphatic heterocycles. The molecular formula is C17H11BrN2O5. The van der Waals surface area contributed by atoms with Gasteiger partial charge in [-0.15, -0.1) is 0 Å². The average molecular weight is 403 g/mol. The molecule has 0 aliphatic carbocycles. The summed E-state index contributed by atoms with van der Waals surface area (Å²) in [7, 11) is 0. The van der Waals surface area contributed by atoms with Crippen molar-refractivity contribution in [3.63, 3.8) is 0 Å². The number of carbonyl (C=O) groups excluding carboxylic acids is 2. The molecule has 126 valence electrons. The molecule has 3 rings (SSSR count). The number of benzene rings is 2. The lowest BCUT2D eigenvalue weighted by molar-refractivity contribution is 0.0844. The lowest BCUT2D eigenvalue weighted by Gasteiger charge is -2.07. The zero-order valence-corrected chi connectivity index (χ0v) is 14.2. The summed E-state index contributed by atoms with van der Waals surface area (Å²) in [5.74, 6) is -1.38. The van der Waals surface area contributed by atoms with Crippen molar-refractivity contribution in [2.24, 2.45) is 0 Å². The number of hydrazine groups is 1. The zero-order chi connectivity index (χ0) is 18.0. The van der Waals surface area contributed by atoms with Crippen molar-refractivity contribution in [1.82, 2.24) is 10.9 Å². The van der Waals surface area contributed by atoms with Gasteiger partial charge in [0, 0.05) is 15.4 Å². The Morgan fingerprint density at radius 3 is 2.36 bits per heavy atom. The van der Waals surface area contributed by atoms with Crippen LogP contribution in [0.25, 0.3) is 11.0 Å². The number of nitrogens with one attached hydrogen (secondary N) is 2. The molecule has 25 heavy (non-hydrogen) atoms. The molecule has 3 aromatic rings. The molecule has 0 saturated carbocycles. The SMILES string of the molecule is O=C(NNC(=O)c1cc2cc(Br)ccc2oc1=O)c1ccc(O)cc1.